The van der Waals surface area contributed by atoms with Gasteiger partial charge < -0.3 is 10.1 Å². The zero-order valence-corrected chi connectivity index (χ0v) is 8.64. The molecule has 0 saturated carbocycles. The zero-order chi connectivity index (χ0) is 9.15. The van der Waals surface area contributed by atoms with Crippen molar-refractivity contribution in [3.63, 3.8) is 0 Å². The summed E-state index contributed by atoms with van der Waals surface area (Å²) in [6.07, 6.45) is 5.29. The molecule has 1 N–H and O–H groups in total. The Balaban J connectivity index is 2.06. The molecule has 2 heteroatoms. The molecule has 0 aromatic heterocycles. The van der Waals surface area contributed by atoms with Gasteiger partial charge in [0.2, 0.25) is 0 Å². The second-order valence-corrected chi connectivity index (χ2v) is 4.53. The average molecular weight is 183 g/mol. The molecule has 76 valence electrons. The van der Waals surface area contributed by atoms with Gasteiger partial charge in [-0.3, -0.25) is 0 Å². The van der Waals surface area contributed by atoms with Crippen LogP contribution in [0.4, 0.5) is 0 Å². The van der Waals surface area contributed by atoms with Gasteiger partial charge in [0.15, 0.2) is 0 Å². The Kier molecular flexibility index (Phi) is 2.89. The van der Waals surface area contributed by atoms with Crippen molar-refractivity contribution in [1.82, 2.24) is 5.32 Å². The van der Waals surface area contributed by atoms with E-state index in [1.165, 1.54) is 38.8 Å². The highest BCUT2D eigenvalue weighted by Gasteiger charge is 2.40. The Morgan fingerprint density at radius 2 is 2.08 bits per heavy atom. The average Bonchev–Trinajstić information content (AvgIpc) is 2.20. The van der Waals surface area contributed by atoms with Gasteiger partial charge in [0.25, 0.3) is 0 Å². The van der Waals surface area contributed by atoms with Crippen molar-refractivity contribution < 1.29 is 4.74 Å². The molecule has 1 atom stereocenters. The largest absolute Gasteiger partial charge is 0.381 e. The number of nitrogens with one attached hydrogen (secondary N) is 1. The van der Waals surface area contributed by atoms with Crippen LogP contribution in [0.25, 0.3) is 0 Å². The van der Waals surface area contributed by atoms with Crippen LogP contribution in [0.1, 0.15) is 32.6 Å². The van der Waals surface area contributed by atoms with Crippen LogP contribution in [0.5, 0.6) is 0 Å². The fraction of sp³-hybridized carbons (Fsp3) is 1.00. The minimum Gasteiger partial charge on any atom is -0.381 e. The third-order valence-corrected chi connectivity index (χ3v) is 4.04. The molecule has 2 rings (SSSR count). The van der Waals surface area contributed by atoms with Crippen molar-refractivity contribution in [2.45, 2.75) is 32.6 Å². The SMILES string of the molecule is CCC1CNCCC12CCOCC2. The molecule has 0 aliphatic carbocycles. The molecule has 13 heavy (non-hydrogen) atoms. The van der Waals surface area contributed by atoms with E-state index in [0.29, 0.717) is 5.41 Å². The Hall–Kier alpha value is -0.0800. The lowest BCUT2D eigenvalue weighted by atomic mass is 9.65. The molecule has 2 heterocycles. The molecular weight excluding hydrogens is 162 g/mol. The van der Waals surface area contributed by atoms with Gasteiger partial charge in [-0.2, -0.15) is 0 Å². The molecule has 2 aliphatic heterocycles. The fourth-order valence-corrected chi connectivity index (χ4v) is 3.05. The van der Waals surface area contributed by atoms with Crippen molar-refractivity contribution in [3.8, 4) is 0 Å². The van der Waals surface area contributed by atoms with E-state index < -0.39 is 0 Å². The molecule has 2 fully saturated rings. The molecule has 2 saturated heterocycles. The number of piperidine rings is 1. The minimum atomic E-state index is 0.637. The number of hydrogen-bond acceptors (Lipinski definition) is 2. The van der Waals surface area contributed by atoms with Crippen LogP contribution < -0.4 is 5.32 Å². The first-order valence-electron chi connectivity index (χ1n) is 5.66. The normalized spacial score (nSPS) is 33.5. The predicted octanol–water partition coefficient (Wildman–Crippen LogP) is 1.80. The fourth-order valence-electron chi connectivity index (χ4n) is 3.05. The summed E-state index contributed by atoms with van der Waals surface area (Å²) in [6.45, 7) is 6.77. The Labute approximate surface area is 81.0 Å². The van der Waals surface area contributed by atoms with E-state index in [9.17, 15) is 0 Å². The van der Waals surface area contributed by atoms with E-state index in [1.807, 2.05) is 0 Å². The molecule has 1 spiro atoms. The van der Waals surface area contributed by atoms with Crippen LogP contribution in [-0.2, 0) is 4.74 Å². The second-order valence-electron chi connectivity index (χ2n) is 4.53. The summed E-state index contributed by atoms with van der Waals surface area (Å²) in [5, 5.41) is 3.52. The molecule has 2 nitrogen and oxygen atoms in total. The van der Waals surface area contributed by atoms with Crippen molar-refractivity contribution in [3.05, 3.63) is 0 Å². The zero-order valence-electron chi connectivity index (χ0n) is 8.64. The van der Waals surface area contributed by atoms with Crippen molar-refractivity contribution in [1.29, 1.82) is 0 Å². The molecule has 0 aromatic carbocycles. The maximum Gasteiger partial charge on any atom is 0.0471 e. The van der Waals surface area contributed by atoms with Gasteiger partial charge in [-0.1, -0.05) is 13.3 Å². The Morgan fingerprint density at radius 3 is 2.77 bits per heavy atom. The van der Waals surface area contributed by atoms with E-state index in [0.717, 1.165) is 19.1 Å². The van der Waals surface area contributed by atoms with Gasteiger partial charge in [0.1, 0.15) is 0 Å². The standard InChI is InChI=1S/C11H21NO/c1-2-10-9-12-6-3-11(10)4-7-13-8-5-11/h10,12H,2-9H2,1H3. The van der Waals surface area contributed by atoms with E-state index >= 15 is 0 Å². The number of rotatable bonds is 1. The maximum atomic E-state index is 5.47. The topological polar surface area (TPSA) is 21.3 Å². The van der Waals surface area contributed by atoms with Gasteiger partial charge in [0.05, 0.1) is 0 Å². The molecule has 1 unspecified atom stereocenters. The summed E-state index contributed by atoms with van der Waals surface area (Å²) in [4.78, 5) is 0. The summed E-state index contributed by atoms with van der Waals surface area (Å²) in [5.41, 5.74) is 0.637. The first kappa shape index (κ1) is 9.47. The van der Waals surface area contributed by atoms with Crippen LogP contribution in [-0.4, -0.2) is 26.3 Å². The summed E-state index contributed by atoms with van der Waals surface area (Å²) < 4.78 is 5.47. The van der Waals surface area contributed by atoms with Crippen molar-refractivity contribution >= 4 is 0 Å². The molecule has 0 aromatic rings. The summed E-state index contributed by atoms with van der Waals surface area (Å²) in [5.74, 6) is 0.894. The smallest absolute Gasteiger partial charge is 0.0471 e. The molecule has 2 aliphatic rings. The van der Waals surface area contributed by atoms with Gasteiger partial charge >= 0.3 is 0 Å². The van der Waals surface area contributed by atoms with Crippen LogP contribution >= 0.6 is 0 Å². The maximum absolute atomic E-state index is 5.47. The summed E-state index contributed by atoms with van der Waals surface area (Å²) in [6, 6.07) is 0. The first-order valence-corrected chi connectivity index (χ1v) is 5.66. The van der Waals surface area contributed by atoms with Crippen LogP contribution in [0, 0.1) is 11.3 Å². The third kappa shape index (κ3) is 1.75. The van der Waals surface area contributed by atoms with Gasteiger partial charge in [-0.25, -0.2) is 0 Å². The number of hydrogen-bond donors (Lipinski definition) is 1. The summed E-state index contributed by atoms with van der Waals surface area (Å²) >= 11 is 0. The van der Waals surface area contributed by atoms with E-state index in [2.05, 4.69) is 12.2 Å². The van der Waals surface area contributed by atoms with E-state index in [4.69, 9.17) is 4.74 Å². The van der Waals surface area contributed by atoms with Gasteiger partial charge in [-0.15, -0.1) is 0 Å². The summed E-state index contributed by atoms with van der Waals surface area (Å²) in [7, 11) is 0. The molecule has 0 radical (unpaired) electrons. The van der Waals surface area contributed by atoms with Crippen LogP contribution in [0.2, 0.25) is 0 Å². The van der Waals surface area contributed by atoms with Gasteiger partial charge in [0, 0.05) is 13.2 Å². The second kappa shape index (κ2) is 3.97. The predicted molar refractivity (Wildman–Crippen MR) is 53.8 cm³/mol. The van der Waals surface area contributed by atoms with E-state index in [1.54, 1.807) is 0 Å². The molecular formula is C11H21NO. The van der Waals surface area contributed by atoms with Gasteiger partial charge in [-0.05, 0) is 43.7 Å². The lowest BCUT2D eigenvalue weighted by Crippen LogP contribution is -2.47. The van der Waals surface area contributed by atoms with E-state index in [-0.39, 0.29) is 0 Å². The highest BCUT2D eigenvalue weighted by atomic mass is 16.5. The quantitative estimate of drug-likeness (QED) is 0.669. The highest BCUT2D eigenvalue weighted by molar-refractivity contribution is 4.92. The number of ether oxygens (including phenoxy) is 1. The molecule has 0 bridgehead atoms. The Bertz CT molecular complexity index is 155. The highest BCUT2D eigenvalue weighted by Crippen LogP contribution is 2.44. The lowest BCUT2D eigenvalue weighted by Gasteiger charge is -2.46. The monoisotopic (exact) mass is 183 g/mol. The van der Waals surface area contributed by atoms with Crippen molar-refractivity contribution in [2.24, 2.45) is 11.3 Å². The lowest BCUT2D eigenvalue weighted by molar-refractivity contribution is -0.0349. The molecule has 0 amide bonds. The van der Waals surface area contributed by atoms with Crippen LogP contribution in [0.15, 0.2) is 0 Å². The third-order valence-electron chi connectivity index (χ3n) is 4.04. The minimum absolute atomic E-state index is 0.637. The Morgan fingerprint density at radius 1 is 1.31 bits per heavy atom. The van der Waals surface area contributed by atoms with Crippen LogP contribution in [0.3, 0.4) is 0 Å². The first-order chi connectivity index (χ1) is 6.37. The van der Waals surface area contributed by atoms with Crippen molar-refractivity contribution in [2.75, 3.05) is 26.3 Å².